The number of benzene rings is 1. The first-order valence-electron chi connectivity index (χ1n) is 7.40. The number of esters is 1. The smallest absolute Gasteiger partial charge is 0.378 e. The van der Waals surface area contributed by atoms with Crippen LogP contribution in [0.25, 0.3) is 5.69 Å². The van der Waals surface area contributed by atoms with E-state index in [0.29, 0.717) is 18.1 Å². The van der Waals surface area contributed by atoms with Gasteiger partial charge >= 0.3 is 12.0 Å². The minimum atomic E-state index is -0.892. The van der Waals surface area contributed by atoms with Gasteiger partial charge in [-0.25, -0.2) is 23.6 Å². The molecule has 1 saturated heterocycles. The van der Waals surface area contributed by atoms with Gasteiger partial charge in [0.05, 0.1) is 5.69 Å². The van der Waals surface area contributed by atoms with Crippen LogP contribution in [0.4, 0.5) is 9.18 Å². The number of halogens is 1. The van der Waals surface area contributed by atoms with E-state index in [1.807, 2.05) is 0 Å². The van der Waals surface area contributed by atoms with Crippen LogP contribution in [-0.4, -0.2) is 57.3 Å². The van der Waals surface area contributed by atoms with Crippen LogP contribution >= 0.6 is 0 Å². The summed E-state index contributed by atoms with van der Waals surface area (Å²) in [5, 5.41) is 6.48. The summed E-state index contributed by atoms with van der Waals surface area (Å²) in [6.07, 6.45) is 0. The zero-order valence-electron chi connectivity index (χ0n) is 13.2. The number of aryl methyl sites for hydroxylation is 1. The van der Waals surface area contributed by atoms with Crippen molar-refractivity contribution in [3.63, 3.8) is 0 Å². The summed E-state index contributed by atoms with van der Waals surface area (Å²) in [6, 6.07) is 4.97. The van der Waals surface area contributed by atoms with Crippen molar-refractivity contribution >= 4 is 17.9 Å². The van der Waals surface area contributed by atoms with Crippen molar-refractivity contribution in [2.45, 2.75) is 6.92 Å². The molecule has 1 aromatic heterocycles. The molecular formula is C15H14FN5O4. The van der Waals surface area contributed by atoms with Gasteiger partial charge in [-0.15, -0.1) is 5.10 Å². The maximum atomic E-state index is 13.0. The topological polar surface area (TPSA) is 106 Å². The van der Waals surface area contributed by atoms with Gasteiger partial charge < -0.3 is 10.1 Å². The molecule has 0 unspecified atom stereocenters. The highest BCUT2D eigenvalue weighted by atomic mass is 19.1. The van der Waals surface area contributed by atoms with E-state index in [1.54, 1.807) is 6.92 Å². The highest BCUT2D eigenvalue weighted by Gasteiger charge is 2.27. The molecule has 3 rings (SSSR count). The van der Waals surface area contributed by atoms with E-state index in [4.69, 9.17) is 4.74 Å². The number of rotatable bonds is 4. The van der Waals surface area contributed by atoms with E-state index >= 15 is 0 Å². The molecule has 3 amide bonds. The molecule has 10 heteroatoms. The summed E-state index contributed by atoms with van der Waals surface area (Å²) in [4.78, 5) is 40.1. The summed E-state index contributed by atoms with van der Waals surface area (Å²) < 4.78 is 19.2. The van der Waals surface area contributed by atoms with Gasteiger partial charge in [0.15, 0.2) is 6.61 Å². The summed E-state index contributed by atoms with van der Waals surface area (Å²) in [7, 11) is 0. The van der Waals surface area contributed by atoms with E-state index in [9.17, 15) is 18.8 Å². The SMILES string of the molecule is Cc1nc(C(=O)OCC(=O)N2CCNC2=O)nn1-c1ccc(F)cc1. The molecule has 1 aliphatic heterocycles. The second-order valence-electron chi connectivity index (χ2n) is 5.22. The Kier molecular flexibility index (Phi) is 4.42. The molecule has 0 spiro atoms. The summed E-state index contributed by atoms with van der Waals surface area (Å²) >= 11 is 0. The highest BCUT2D eigenvalue weighted by molar-refractivity contribution is 5.97. The normalized spacial score (nSPS) is 13.7. The van der Waals surface area contributed by atoms with Crippen molar-refractivity contribution in [3.05, 3.63) is 41.7 Å². The molecule has 0 saturated carbocycles. The Balaban J connectivity index is 1.66. The Hall–Kier alpha value is -3.30. The van der Waals surface area contributed by atoms with Crippen molar-refractivity contribution in [1.29, 1.82) is 0 Å². The third-order valence-electron chi connectivity index (χ3n) is 3.51. The average molecular weight is 347 g/mol. The van der Waals surface area contributed by atoms with Crippen LogP contribution in [0.1, 0.15) is 16.4 Å². The van der Waals surface area contributed by atoms with Gasteiger partial charge in [-0.1, -0.05) is 0 Å². The van der Waals surface area contributed by atoms with Gasteiger partial charge in [0.25, 0.3) is 11.7 Å². The van der Waals surface area contributed by atoms with Crippen molar-refractivity contribution in [2.75, 3.05) is 19.7 Å². The van der Waals surface area contributed by atoms with Crippen LogP contribution < -0.4 is 5.32 Å². The first kappa shape index (κ1) is 16.6. The monoisotopic (exact) mass is 347 g/mol. The highest BCUT2D eigenvalue weighted by Crippen LogP contribution is 2.11. The molecule has 0 radical (unpaired) electrons. The minimum Gasteiger partial charge on any atom is -0.450 e. The number of imide groups is 1. The molecule has 9 nitrogen and oxygen atoms in total. The molecule has 0 bridgehead atoms. The molecule has 1 N–H and O–H groups in total. The lowest BCUT2D eigenvalue weighted by molar-refractivity contribution is -0.130. The van der Waals surface area contributed by atoms with Gasteiger partial charge in [-0.3, -0.25) is 9.69 Å². The molecule has 1 fully saturated rings. The standard InChI is InChI=1S/C15H14FN5O4/c1-9-18-13(19-21(9)11-4-2-10(16)3-5-11)14(23)25-8-12(22)20-7-6-17-15(20)24/h2-5H,6-8H2,1H3,(H,17,24). The lowest BCUT2D eigenvalue weighted by Gasteiger charge is -2.11. The van der Waals surface area contributed by atoms with Crippen molar-refractivity contribution in [1.82, 2.24) is 25.0 Å². The summed E-state index contributed by atoms with van der Waals surface area (Å²) in [5.41, 5.74) is 0.523. The number of hydrogen-bond acceptors (Lipinski definition) is 6. The predicted molar refractivity (Wildman–Crippen MR) is 81.4 cm³/mol. The molecule has 130 valence electrons. The Morgan fingerprint density at radius 2 is 2.04 bits per heavy atom. The third-order valence-corrected chi connectivity index (χ3v) is 3.51. The number of urea groups is 1. The lowest BCUT2D eigenvalue weighted by atomic mass is 10.3. The van der Waals surface area contributed by atoms with Gasteiger partial charge in [-0.05, 0) is 31.2 Å². The average Bonchev–Trinajstić information content (AvgIpc) is 3.19. The van der Waals surface area contributed by atoms with Gasteiger partial charge in [-0.2, -0.15) is 0 Å². The Morgan fingerprint density at radius 1 is 1.32 bits per heavy atom. The van der Waals surface area contributed by atoms with Crippen molar-refractivity contribution < 1.29 is 23.5 Å². The number of hydrogen-bond donors (Lipinski definition) is 1. The van der Waals surface area contributed by atoms with E-state index < -0.39 is 30.3 Å². The number of ether oxygens (including phenoxy) is 1. The molecule has 1 aliphatic rings. The van der Waals surface area contributed by atoms with E-state index in [2.05, 4.69) is 15.4 Å². The van der Waals surface area contributed by atoms with E-state index in [0.717, 1.165) is 4.90 Å². The Labute approximate surface area is 141 Å². The summed E-state index contributed by atoms with van der Waals surface area (Å²) in [6.45, 7) is 1.62. The Bertz CT molecular complexity index is 833. The van der Waals surface area contributed by atoms with Crippen molar-refractivity contribution in [2.24, 2.45) is 0 Å². The first-order chi connectivity index (χ1) is 12.0. The molecule has 2 aromatic rings. The van der Waals surface area contributed by atoms with Crippen LogP contribution in [0, 0.1) is 12.7 Å². The number of nitrogens with one attached hydrogen (secondary N) is 1. The maximum Gasteiger partial charge on any atom is 0.378 e. The minimum absolute atomic E-state index is 0.228. The van der Waals surface area contributed by atoms with Gasteiger partial charge in [0.2, 0.25) is 0 Å². The van der Waals surface area contributed by atoms with Crippen LogP contribution in [-0.2, 0) is 9.53 Å². The number of amides is 3. The zero-order valence-corrected chi connectivity index (χ0v) is 13.2. The van der Waals surface area contributed by atoms with Gasteiger partial charge in [0, 0.05) is 13.1 Å². The van der Waals surface area contributed by atoms with Crippen LogP contribution in [0.15, 0.2) is 24.3 Å². The quantitative estimate of drug-likeness (QED) is 0.804. The second kappa shape index (κ2) is 6.67. The fourth-order valence-electron chi connectivity index (χ4n) is 2.28. The maximum absolute atomic E-state index is 13.0. The summed E-state index contributed by atoms with van der Waals surface area (Å²) in [5.74, 6) is -1.76. The molecule has 1 aromatic carbocycles. The van der Waals surface area contributed by atoms with Crippen molar-refractivity contribution in [3.8, 4) is 5.69 Å². The van der Waals surface area contributed by atoms with Crippen LogP contribution in [0.5, 0.6) is 0 Å². The van der Waals surface area contributed by atoms with Crippen LogP contribution in [0.2, 0.25) is 0 Å². The lowest BCUT2D eigenvalue weighted by Crippen LogP contribution is -2.37. The molecule has 0 atom stereocenters. The van der Waals surface area contributed by atoms with E-state index in [-0.39, 0.29) is 12.4 Å². The fraction of sp³-hybridized carbons (Fsp3) is 0.267. The largest absolute Gasteiger partial charge is 0.450 e. The van der Waals surface area contributed by atoms with Gasteiger partial charge in [0.1, 0.15) is 11.6 Å². The number of carbonyl (C=O) groups excluding carboxylic acids is 3. The predicted octanol–water partition coefficient (Wildman–Crippen LogP) is 0.423. The fourth-order valence-corrected chi connectivity index (χ4v) is 2.28. The zero-order chi connectivity index (χ0) is 18.0. The Morgan fingerprint density at radius 3 is 2.68 bits per heavy atom. The number of carbonyl (C=O) groups is 3. The second-order valence-corrected chi connectivity index (χ2v) is 5.22. The third kappa shape index (κ3) is 3.47. The molecule has 25 heavy (non-hydrogen) atoms. The van der Waals surface area contributed by atoms with Crippen LogP contribution in [0.3, 0.4) is 0 Å². The number of aromatic nitrogens is 3. The number of nitrogens with zero attached hydrogens (tertiary/aromatic N) is 4. The molecule has 2 heterocycles. The van der Waals surface area contributed by atoms with E-state index in [1.165, 1.54) is 28.9 Å². The molecule has 0 aliphatic carbocycles. The molecular weight excluding hydrogens is 333 g/mol. The first-order valence-corrected chi connectivity index (χ1v) is 7.40.